The van der Waals surface area contributed by atoms with Crippen LogP contribution >= 0.6 is 0 Å². The van der Waals surface area contributed by atoms with Crippen molar-refractivity contribution < 1.29 is 4.74 Å². The first kappa shape index (κ1) is 15.4. The Bertz CT molecular complexity index is 593. The van der Waals surface area contributed by atoms with Gasteiger partial charge in [-0.25, -0.2) is 0 Å². The lowest BCUT2D eigenvalue weighted by molar-refractivity contribution is 0.414. The van der Waals surface area contributed by atoms with Crippen molar-refractivity contribution >= 4 is 11.6 Å². The highest BCUT2D eigenvalue weighted by atomic mass is 16.5. The molecule has 0 saturated carbocycles. The molecule has 0 fully saturated rings. The third-order valence-electron chi connectivity index (χ3n) is 3.69. The second-order valence-corrected chi connectivity index (χ2v) is 5.38. The van der Waals surface area contributed by atoms with E-state index in [1.807, 2.05) is 12.1 Å². The zero-order chi connectivity index (χ0) is 15.1. The summed E-state index contributed by atoms with van der Waals surface area (Å²) in [5.74, 6) is 0.929. The van der Waals surface area contributed by atoms with Crippen molar-refractivity contribution in [3.05, 3.63) is 65.2 Å². The van der Waals surface area contributed by atoms with Crippen molar-refractivity contribution in [2.75, 3.05) is 7.11 Å². The Morgan fingerprint density at radius 1 is 1.05 bits per heavy atom. The molecule has 2 aromatic carbocycles. The average Bonchev–Trinajstić information content (AvgIpc) is 2.52. The molecule has 21 heavy (non-hydrogen) atoms. The number of methoxy groups -OCH3 is 1. The lowest BCUT2D eigenvalue weighted by Crippen LogP contribution is -1.89. The number of para-hydroxylation sites is 1. The smallest absolute Gasteiger partial charge is 0.126 e. The molecule has 0 unspecified atom stereocenters. The van der Waals surface area contributed by atoms with Gasteiger partial charge >= 0.3 is 0 Å². The molecule has 0 radical (unpaired) electrons. The van der Waals surface area contributed by atoms with Crippen LogP contribution in [0.3, 0.4) is 0 Å². The first-order valence-corrected chi connectivity index (χ1v) is 7.65. The molecule has 2 rings (SSSR count). The maximum atomic E-state index is 5.46. The monoisotopic (exact) mass is 280 g/mol. The van der Waals surface area contributed by atoms with Crippen LogP contribution in [0.2, 0.25) is 0 Å². The largest absolute Gasteiger partial charge is 0.496 e. The number of hydrogen-bond acceptors (Lipinski definition) is 1. The quantitative estimate of drug-likeness (QED) is 0.613. The molecule has 2 aromatic rings. The fourth-order valence-electron chi connectivity index (χ4n) is 2.41. The van der Waals surface area contributed by atoms with Crippen molar-refractivity contribution in [2.45, 2.75) is 33.1 Å². The predicted molar refractivity (Wildman–Crippen MR) is 91.6 cm³/mol. The summed E-state index contributed by atoms with van der Waals surface area (Å²) in [4.78, 5) is 0. The molecule has 0 bridgehead atoms. The molecular weight excluding hydrogens is 256 g/mol. The fourth-order valence-corrected chi connectivity index (χ4v) is 2.41. The van der Waals surface area contributed by atoms with E-state index >= 15 is 0 Å². The maximum absolute atomic E-state index is 5.46. The number of ether oxygens (including phenoxy) is 1. The molecule has 0 aromatic heterocycles. The van der Waals surface area contributed by atoms with Crippen LogP contribution in [0.15, 0.2) is 48.5 Å². The Labute approximate surface area is 128 Å². The molecule has 0 aliphatic rings. The lowest BCUT2D eigenvalue weighted by atomic mass is 9.97. The van der Waals surface area contributed by atoms with Gasteiger partial charge in [-0.05, 0) is 43.0 Å². The normalized spacial score (nSPS) is 11.5. The number of rotatable bonds is 6. The topological polar surface area (TPSA) is 9.23 Å². The zero-order valence-electron chi connectivity index (χ0n) is 13.2. The number of hydrogen-bond donors (Lipinski definition) is 0. The van der Waals surface area contributed by atoms with Gasteiger partial charge in [-0.2, -0.15) is 0 Å². The first-order chi connectivity index (χ1) is 10.2. The molecule has 0 heterocycles. The Morgan fingerprint density at radius 2 is 1.76 bits per heavy atom. The summed E-state index contributed by atoms with van der Waals surface area (Å²) in [6, 6.07) is 17.0. The Hall–Kier alpha value is -2.02. The molecule has 1 nitrogen and oxygen atoms in total. The van der Waals surface area contributed by atoms with Crippen molar-refractivity contribution in [1.29, 1.82) is 0 Å². The summed E-state index contributed by atoms with van der Waals surface area (Å²) in [7, 11) is 1.73. The van der Waals surface area contributed by atoms with Crippen LogP contribution in [0.1, 0.15) is 42.9 Å². The lowest BCUT2D eigenvalue weighted by Gasteiger charge is -2.10. The summed E-state index contributed by atoms with van der Waals surface area (Å²) in [6.07, 6.45) is 5.76. The average molecular weight is 280 g/mol. The van der Waals surface area contributed by atoms with Gasteiger partial charge in [-0.3, -0.25) is 0 Å². The molecule has 0 atom stereocenters. The number of allylic oxidation sites excluding steroid dienone is 1. The zero-order valence-corrected chi connectivity index (χ0v) is 13.2. The van der Waals surface area contributed by atoms with E-state index in [1.54, 1.807) is 7.11 Å². The highest BCUT2D eigenvalue weighted by molar-refractivity contribution is 5.83. The Balaban J connectivity index is 2.39. The molecule has 1 heteroatoms. The summed E-state index contributed by atoms with van der Waals surface area (Å²) < 4.78 is 5.46. The van der Waals surface area contributed by atoms with Crippen molar-refractivity contribution in [3.63, 3.8) is 0 Å². The van der Waals surface area contributed by atoms with E-state index in [-0.39, 0.29) is 0 Å². The molecular formula is C20H24O. The van der Waals surface area contributed by atoms with Crippen LogP contribution in [-0.4, -0.2) is 7.11 Å². The minimum Gasteiger partial charge on any atom is -0.496 e. The first-order valence-electron chi connectivity index (χ1n) is 7.65. The Kier molecular flexibility index (Phi) is 5.62. The van der Waals surface area contributed by atoms with Crippen molar-refractivity contribution in [2.24, 2.45) is 0 Å². The van der Waals surface area contributed by atoms with Gasteiger partial charge in [0.15, 0.2) is 0 Å². The fraction of sp³-hybridized carbons (Fsp3) is 0.300. The minimum atomic E-state index is 0.929. The number of unbranched alkanes of at least 4 members (excludes halogenated alkanes) is 1. The van der Waals surface area contributed by atoms with E-state index in [1.165, 1.54) is 29.5 Å². The van der Waals surface area contributed by atoms with E-state index in [2.05, 4.69) is 56.3 Å². The van der Waals surface area contributed by atoms with Crippen LogP contribution < -0.4 is 4.74 Å². The molecule has 0 aliphatic carbocycles. The van der Waals surface area contributed by atoms with E-state index in [9.17, 15) is 0 Å². The highest BCUT2D eigenvalue weighted by Gasteiger charge is 2.05. The van der Waals surface area contributed by atoms with E-state index in [0.717, 1.165) is 17.7 Å². The third kappa shape index (κ3) is 4.22. The van der Waals surface area contributed by atoms with E-state index < -0.39 is 0 Å². The van der Waals surface area contributed by atoms with Crippen molar-refractivity contribution in [1.82, 2.24) is 0 Å². The van der Waals surface area contributed by atoms with Gasteiger partial charge in [-0.1, -0.05) is 61.4 Å². The summed E-state index contributed by atoms with van der Waals surface area (Å²) >= 11 is 0. The summed E-state index contributed by atoms with van der Waals surface area (Å²) in [6.45, 7) is 4.36. The molecule has 0 N–H and O–H groups in total. The van der Waals surface area contributed by atoms with Gasteiger partial charge in [0.1, 0.15) is 5.75 Å². The molecule has 0 spiro atoms. The molecule has 0 saturated heterocycles. The van der Waals surface area contributed by atoms with E-state index in [4.69, 9.17) is 4.74 Å². The van der Waals surface area contributed by atoms with Crippen LogP contribution in [0.5, 0.6) is 5.75 Å². The second-order valence-electron chi connectivity index (χ2n) is 5.38. The summed E-state index contributed by atoms with van der Waals surface area (Å²) in [5.41, 5.74) is 5.12. The molecule has 0 aliphatic heterocycles. The van der Waals surface area contributed by atoms with Crippen LogP contribution in [0.25, 0.3) is 11.6 Å². The van der Waals surface area contributed by atoms with Crippen molar-refractivity contribution in [3.8, 4) is 5.75 Å². The van der Waals surface area contributed by atoms with Crippen LogP contribution in [-0.2, 0) is 0 Å². The van der Waals surface area contributed by atoms with Gasteiger partial charge in [0.2, 0.25) is 0 Å². The van der Waals surface area contributed by atoms with Crippen LogP contribution in [0.4, 0.5) is 0 Å². The van der Waals surface area contributed by atoms with Crippen LogP contribution in [0, 0.1) is 6.92 Å². The number of aryl methyl sites for hydroxylation is 1. The SMILES string of the molecule is CCCC/C(=C\c1ccccc1OC)c1ccc(C)cc1. The third-order valence-corrected chi connectivity index (χ3v) is 3.69. The van der Waals surface area contributed by atoms with Gasteiger partial charge < -0.3 is 4.74 Å². The molecule has 110 valence electrons. The minimum absolute atomic E-state index is 0.929. The van der Waals surface area contributed by atoms with Gasteiger partial charge in [0.05, 0.1) is 7.11 Å². The van der Waals surface area contributed by atoms with Gasteiger partial charge in [0.25, 0.3) is 0 Å². The standard InChI is InChI=1S/C20H24O/c1-4-5-8-18(17-13-11-16(2)12-14-17)15-19-9-6-7-10-20(19)21-3/h6-7,9-15H,4-5,8H2,1-3H3/b18-15+. The van der Waals surface area contributed by atoms with Gasteiger partial charge in [0, 0.05) is 5.56 Å². The highest BCUT2D eigenvalue weighted by Crippen LogP contribution is 2.28. The number of benzene rings is 2. The van der Waals surface area contributed by atoms with Gasteiger partial charge in [-0.15, -0.1) is 0 Å². The predicted octanol–water partition coefficient (Wildman–Crippen LogP) is 5.73. The molecule has 0 amide bonds. The Morgan fingerprint density at radius 3 is 2.43 bits per heavy atom. The van der Waals surface area contributed by atoms with E-state index in [0.29, 0.717) is 0 Å². The maximum Gasteiger partial charge on any atom is 0.126 e. The second kappa shape index (κ2) is 7.68. The summed E-state index contributed by atoms with van der Waals surface area (Å²) in [5, 5.41) is 0.